The molecule has 0 aliphatic rings. The van der Waals surface area contributed by atoms with Gasteiger partial charge in [0.25, 0.3) is 0 Å². The van der Waals surface area contributed by atoms with Crippen molar-refractivity contribution in [3.63, 3.8) is 0 Å². The smallest absolute Gasteiger partial charge is 0.340 e. The Morgan fingerprint density at radius 3 is 2.39 bits per heavy atom. The summed E-state index contributed by atoms with van der Waals surface area (Å²) in [6.45, 7) is 3.86. The molecule has 0 aliphatic heterocycles. The van der Waals surface area contributed by atoms with Gasteiger partial charge in [0, 0.05) is 0 Å². The van der Waals surface area contributed by atoms with E-state index in [0.29, 0.717) is 5.56 Å². The predicted octanol–water partition coefficient (Wildman–Crippen LogP) is 3.11. The van der Waals surface area contributed by atoms with Gasteiger partial charge in [-0.3, -0.25) is 4.72 Å². The lowest BCUT2D eigenvalue weighted by Gasteiger charge is -2.12. The van der Waals surface area contributed by atoms with Crippen LogP contribution in [0.4, 0.5) is 5.69 Å². The molecule has 0 bridgehead atoms. The summed E-state index contributed by atoms with van der Waals surface area (Å²) in [7, 11) is -3.63. The second-order valence-electron chi connectivity index (χ2n) is 5.11. The molecule has 0 amide bonds. The number of hydrogen-bond donors (Lipinski definition) is 1. The average Bonchev–Trinajstić information content (AvgIpc) is 2.50. The van der Waals surface area contributed by atoms with Crippen LogP contribution in [0.15, 0.2) is 48.5 Å². The van der Waals surface area contributed by atoms with Crippen LogP contribution in [0.2, 0.25) is 0 Å². The summed E-state index contributed by atoms with van der Waals surface area (Å²) in [6, 6.07) is 13.6. The highest BCUT2D eigenvalue weighted by atomic mass is 32.2. The van der Waals surface area contributed by atoms with Crippen LogP contribution >= 0.6 is 0 Å². The van der Waals surface area contributed by atoms with E-state index in [1.54, 1.807) is 37.3 Å². The lowest BCUT2D eigenvalue weighted by molar-refractivity contribution is 0.0527. The highest BCUT2D eigenvalue weighted by Gasteiger charge is 2.17. The molecule has 0 saturated heterocycles. The van der Waals surface area contributed by atoms with Gasteiger partial charge < -0.3 is 4.74 Å². The first-order valence-electron chi connectivity index (χ1n) is 7.23. The Morgan fingerprint density at radius 1 is 1.09 bits per heavy atom. The van der Waals surface area contributed by atoms with Gasteiger partial charge in [0.2, 0.25) is 10.0 Å². The van der Waals surface area contributed by atoms with E-state index >= 15 is 0 Å². The van der Waals surface area contributed by atoms with Crippen molar-refractivity contribution in [1.82, 2.24) is 0 Å². The molecular weight excluding hydrogens is 314 g/mol. The number of hydrogen-bond acceptors (Lipinski definition) is 4. The molecule has 0 radical (unpaired) electrons. The van der Waals surface area contributed by atoms with Crippen LogP contribution in [0.1, 0.15) is 28.4 Å². The van der Waals surface area contributed by atoms with Crippen molar-refractivity contribution in [3.05, 3.63) is 65.2 Å². The van der Waals surface area contributed by atoms with E-state index in [9.17, 15) is 13.2 Å². The van der Waals surface area contributed by atoms with Gasteiger partial charge in [0.05, 0.1) is 23.6 Å². The number of carbonyl (C=O) groups is 1. The minimum atomic E-state index is -3.63. The molecule has 23 heavy (non-hydrogen) atoms. The third kappa shape index (κ3) is 4.82. The molecule has 0 aliphatic carbocycles. The van der Waals surface area contributed by atoms with Crippen LogP contribution in [0.5, 0.6) is 0 Å². The zero-order valence-corrected chi connectivity index (χ0v) is 13.9. The summed E-state index contributed by atoms with van der Waals surface area (Å²) in [5, 5.41) is 0. The van der Waals surface area contributed by atoms with Gasteiger partial charge in [-0.1, -0.05) is 42.0 Å². The molecule has 0 spiro atoms. The van der Waals surface area contributed by atoms with E-state index in [-0.39, 0.29) is 23.6 Å². The van der Waals surface area contributed by atoms with Gasteiger partial charge in [-0.05, 0) is 31.5 Å². The van der Waals surface area contributed by atoms with Crippen molar-refractivity contribution in [2.75, 3.05) is 11.3 Å². The number of nitrogens with one attached hydrogen (secondary N) is 1. The number of ether oxygens (including phenoxy) is 1. The Kier molecular flexibility index (Phi) is 5.39. The van der Waals surface area contributed by atoms with Crippen LogP contribution in [0.25, 0.3) is 0 Å². The van der Waals surface area contributed by atoms with Crippen LogP contribution in [0, 0.1) is 6.92 Å². The fourth-order valence-corrected chi connectivity index (χ4v) is 3.28. The molecule has 0 aromatic heterocycles. The predicted molar refractivity (Wildman–Crippen MR) is 89.8 cm³/mol. The summed E-state index contributed by atoms with van der Waals surface area (Å²) in [5.74, 6) is -0.717. The summed E-state index contributed by atoms with van der Waals surface area (Å²) in [5.41, 5.74) is 2.16. The number of sulfonamides is 1. The number of benzene rings is 2. The van der Waals surface area contributed by atoms with Gasteiger partial charge in [-0.15, -0.1) is 0 Å². The number of carbonyl (C=O) groups excluding carboxylic acids is 1. The second-order valence-corrected chi connectivity index (χ2v) is 6.84. The standard InChI is InChI=1S/C17H19NO4S/c1-3-22-17(19)15-6-4-5-7-16(15)18-23(20,21)12-14-10-8-13(2)9-11-14/h4-11,18H,3,12H2,1-2H3. The second kappa shape index (κ2) is 7.28. The molecule has 2 aromatic carbocycles. The zero-order chi connectivity index (χ0) is 16.9. The molecule has 0 fully saturated rings. The Hall–Kier alpha value is -2.34. The first kappa shape index (κ1) is 17.0. The molecule has 122 valence electrons. The van der Waals surface area contributed by atoms with Gasteiger partial charge >= 0.3 is 5.97 Å². The summed E-state index contributed by atoms with van der Waals surface area (Å²) in [6.07, 6.45) is 0. The molecule has 1 N–H and O–H groups in total. The highest BCUT2D eigenvalue weighted by Crippen LogP contribution is 2.19. The first-order valence-corrected chi connectivity index (χ1v) is 8.88. The number of anilines is 1. The van der Waals surface area contributed by atoms with Crippen molar-refractivity contribution in [3.8, 4) is 0 Å². The van der Waals surface area contributed by atoms with Crippen molar-refractivity contribution < 1.29 is 17.9 Å². The van der Waals surface area contributed by atoms with E-state index in [0.717, 1.165) is 5.56 Å². The molecule has 2 aromatic rings. The summed E-state index contributed by atoms with van der Waals surface area (Å²) in [4.78, 5) is 11.9. The minimum absolute atomic E-state index is 0.162. The van der Waals surface area contributed by atoms with Gasteiger partial charge in [-0.2, -0.15) is 0 Å². The molecule has 0 unspecified atom stereocenters. The quantitative estimate of drug-likeness (QED) is 0.825. The Labute approximate surface area is 136 Å². The SMILES string of the molecule is CCOC(=O)c1ccccc1NS(=O)(=O)Cc1ccc(C)cc1. The number of aryl methyl sites for hydroxylation is 1. The van der Waals surface area contributed by atoms with E-state index in [2.05, 4.69) is 4.72 Å². The molecular formula is C17H19NO4S. The number of para-hydroxylation sites is 1. The van der Waals surface area contributed by atoms with Crippen LogP contribution in [-0.4, -0.2) is 21.0 Å². The maximum Gasteiger partial charge on any atom is 0.340 e. The van der Waals surface area contributed by atoms with Crippen molar-refractivity contribution in [2.24, 2.45) is 0 Å². The Bertz CT molecular complexity index is 782. The van der Waals surface area contributed by atoms with E-state index in [1.165, 1.54) is 6.07 Å². The lowest BCUT2D eigenvalue weighted by atomic mass is 10.2. The van der Waals surface area contributed by atoms with Crippen LogP contribution in [-0.2, 0) is 20.5 Å². The van der Waals surface area contributed by atoms with Gasteiger partial charge in [0.15, 0.2) is 0 Å². The fourth-order valence-electron chi connectivity index (χ4n) is 2.07. The van der Waals surface area contributed by atoms with Crippen molar-refractivity contribution in [2.45, 2.75) is 19.6 Å². The summed E-state index contributed by atoms with van der Waals surface area (Å²) < 4.78 is 32.0. The molecule has 6 heteroatoms. The molecule has 0 saturated carbocycles. The average molecular weight is 333 g/mol. The molecule has 0 heterocycles. The highest BCUT2D eigenvalue weighted by molar-refractivity contribution is 7.91. The first-order chi connectivity index (χ1) is 10.9. The molecule has 2 rings (SSSR count). The van der Waals surface area contributed by atoms with E-state index in [1.807, 2.05) is 19.1 Å². The van der Waals surface area contributed by atoms with Crippen molar-refractivity contribution in [1.29, 1.82) is 0 Å². The third-order valence-corrected chi connectivity index (χ3v) is 4.41. The van der Waals surface area contributed by atoms with Crippen molar-refractivity contribution >= 4 is 21.7 Å². The van der Waals surface area contributed by atoms with Crippen LogP contribution in [0.3, 0.4) is 0 Å². The normalized spacial score (nSPS) is 11.0. The number of esters is 1. The van der Waals surface area contributed by atoms with E-state index in [4.69, 9.17) is 4.74 Å². The van der Waals surface area contributed by atoms with Crippen LogP contribution < -0.4 is 4.72 Å². The summed E-state index contributed by atoms with van der Waals surface area (Å²) >= 11 is 0. The van der Waals surface area contributed by atoms with E-state index < -0.39 is 16.0 Å². The zero-order valence-electron chi connectivity index (χ0n) is 13.1. The largest absolute Gasteiger partial charge is 0.462 e. The van der Waals surface area contributed by atoms with Gasteiger partial charge in [0.1, 0.15) is 0 Å². The fraction of sp³-hybridized carbons (Fsp3) is 0.235. The molecule has 5 nitrogen and oxygen atoms in total. The topological polar surface area (TPSA) is 72.5 Å². The Balaban J connectivity index is 2.20. The minimum Gasteiger partial charge on any atom is -0.462 e. The lowest BCUT2D eigenvalue weighted by Crippen LogP contribution is -2.18. The Morgan fingerprint density at radius 2 is 1.74 bits per heavy atom. The van der Waals surface area contributed by atoms with Gasteiger partial charge in [-0.25, -0.2) is 13.2 Å². The maximum absolute atomic E-state index is 12.3. The third-order valence-electron chi connectivity index (χ3n) is 3.17. The number of rotatable bonds is 6. The molecule has 0 atom stereocenters. The maximum atomic E-state index is 12.3. The monoisotopic (exact) mass is 333 g/mol.